The van der Waals surface area contributed by atoms with Gasteiger partial charge in [0.15, 0.2) is 0 Å². The van der Waals surface area contributed by atoms with Crippen molar-refractivity contribution in [2.75, 3.05) is 30.5 Å². The zero-order valence-corrected chi connectivity index (χ0v) is 25.3. The van der Waals surface area contributed by atoms with Crippen molar-refractivity contribution >= 4 is 27.5 Å². The van der Waals surface area contributed by atoms with Crippen LogP contribution >= 0.6 is 0 Å². The van der Waals surface area contributed by atoms with E-state index in [1.807, 2.05) is 51.1 Å². The van der Waals surface area contributed by atoms with Gasteiger partial charge >= 0.3 is 0 Å². The van der Waals surface area contributed by atoms with Gasteiger partial charge in [-0.15, -0.1) is 0 Å². The molecule has 1 N–H and O–H groups in total. The molecular formula is C32H40FN3O5S. The largest absolute Gasteiger partial charge is 0.494 e. The lowest BCUT2D eigenvalue weighted by Crippen LogP contribution is -2.53. The van der Waals surface area contributed by atoms with Crippen molar-refractivity contribution in [2.45, 2.75) is 57.4 Å². The van der Waals surface area contributed by atoms with Crippen LogP contribution in [0.4, 0.5) is 10.1 Å². The lowest BCUT2D eigenvalue weighted by Gasteiger charge is -2.33. The highest BCUT2D eigenvalue weighted by Gasteiger charge is 2.33. The van der Waals surface area contributed by atoms with Crippen LogP contribution in [0, 0.1) is 5.82 Å². The van der Waals surface area contributed by atoms with E-state index >= 15 is 0 Å². The summed E-state index contributed by atoms with van der Waals surface area (Å²) in [5, 5.41) is 2.91. The molecule has 0 aliphatic heterocycles. The molecule has 0 bridgehead atoms. The third kappa shape index (κ3) is 8.79. The van der Waals surface area contributed by atoms with Crippen LogP contribution in [-0.4, -0.2) is 57.4 Å². The molecule has 0 aliphatic carbocycles. The Morgan fingerprint density at radius 3 is 2.19 bits per heavy atom. The number of sulfonamides is 1. The van der Waals surface area contributed by atoms with Gasteiger partial charge in [0.25, 0.3) is 10.0 Å². The number of nitrogens with one attached hydrogen (secondary N) is 1. The van der Waals surface area contributed by atoms with E-state index in [2.05, 4.69) is 5.32 Å². The van der Waals surface area contributed by atoms with Crippen molar-refractivity contribution in [1.82, 2.24) is 10.2 Å². The van der Waals surface area contributed by atoms with Gasteiger partial charge in [0, 0.05) is 13.1 Å². The van der Waals surface area contributed by atoms with Gasteiger partial charge in [-0.25, -0.2) is 12.8 Å². The van der Waals surface area contributed by atoms with Crippen molar-refractivity contribution in [1.29, 1.82) is 0 Å². The summed E-state index contributed by atoms with van der Waals surface area (Å²) in [5.74, 6) is -0.854. The Hall–Kier alpha value is -3.92. The van der Waals surface area contributed by atoms with E-state index in [0.717, 1.165) is 34.8 Å². The molecule has 2 amide bonds. The van der Waals surface area contributed by atoms with Gasteiger partial charge in [-0.3, -0.25) is 13.9 Å². The normalized spacial score (nSPS) is 11.9. The molecule has 1 atom stereocenters. The molecule has 0 aromatic heterocycles. The van der Waals surface area contributed by atoms with Crippen LogP contribution in [0.2, 0.25) is 0 Å². The highest BCUT2D eigenvalue weighted by atomic mass is 32.2. The first-order valence-corrected chi connectivity index (χ1v) is 15.8. The number of halogens is 1. The molecule has 1 unspecified atom stereocenters. The number of anilines is 1. The molecule has 0 spiro atoms. The van der Waals surface area contributed by atoms with Crippen molar-refractivity contribution in [2.24, 2.45) is 0 Å². The van der Waals surface area contributed by atoms with Gasteiger partial charge in [0.2, 0.25) is 11.8 Å². The summed E-state index contributed by atoms with van der Waals surface area (Å²) in [7, 11) is -4.26. The minimum absolute atomic E-state index is 0.0525. The second-order valence-corrected chi connectivity index (χ2v) is 11.6. The number of carbonyl (C=O) groups excluding carboxylic acids is 2. The van der Waals surface area contributed by atoms with Crippen LogP contribution in [-0.2, 0) is 26.0 Å². The first-order chi connectivity index (χ1) is 20.2. The standard InChI is InChI=1S/C32H40FN3O5S/c1-4-7-22-34-32(38)30(5-2)35(23-21-25-11-9-8-10-12-25)31(37)24-36(27-15-13-26(33)14-16-27)42(39,40)29-19-17-28(18-20-29)41-6-3/h8-20,30H,4-7,21-24H2,1-3H3,(H,34,38). The second-order valence-electron chi connectivity index (χ2n) is 9.78. The molecule has 0 fully saturated rings. The average molecular weight is 598 g/mol. The third-order valence-corrected chi connectivity index (χ3v) is 8.60. The van der Waals surface area contributed by atoms with Crippen molar-refractivity contribution in [3.8, 4) is 5.75 Å². The molecule has 0 saturated heterocycles. The number of unbranched alkanes of at least 4 members (excludes halogenated alkanes) is 1. The Bertz CT molecular complexity index is 1380. The maximum Gasteiger partial charge on any atom is 0.264 e. The van der Waals surface area contributed by atoms with E-state index in [-0.39, 0.29) is 23.0 Å². The molecular weight excluding hydrogens is 557 g/mol. The van der Waals surface area contributed by atoms with Crippen molar-refractivity contribution < 1.29 is 27.1 Å². The van der Waals surface area contributed by atoms with Crippen molar-refractivity contribution in [3.63, 3.8) is 0 Å². The quantitative estimate of drug-likeness (QED) is 0.230. The number of hydrogen-bond acceptors (Lipinski definition) is 5. The molecule has 0 heterocycles. The van der Waals surface area contributed by atoms with Crippen LogP contribution in [0.25, 0.3) is 0 Å². The molecule has 10 heteroatoms. The lowest BCUT2D eigenvalue weighted by molar-refractivity contribution is -0.139. The zero-order valence-electron chi connectivity index (χ0n) is 24.5. The van der Waals surface area contributed by atoms with Gasteiger partial charge in [0.1, 0.15) is 24.2 Å². The smallest absolute Gasteiger partial charge is 0.264 e. The highest BCUT2D eigenvalue weighted by molar-refractivity contribution is 7.92. The fraction of sp³-hybridized carbons (Fsp3) is 0.375. The molecule has 3 aromatic carbocycles. The number of carbonyl (C=O) groups is 2. The molecule has 0 saturated carbocycles. The fourth-order valence-corrected chi connectivity index (χ4v) is 5.95. The van der Waals surface area contributed by atoms with Crippen LogP contribution in [0.5, 0.6) is 5.75 Å². The van der Waals surface area contributed by atoms with Gasteiger partial charge in [-0.05, 0) is 80.3 Å². The van der Waals surface area contributed by atoms with Crippen LogP contribution in [0.3, 0.4) is 0 Å². The summed E-state index contributed by atoms with van der Waals surface area (Å²) < 4.78 is 48.0. The Balaban J connectivity index is 1.97. The molecule has 226 valence electrons. The summed E-state index contributed by atoms with van der Waals surface area (Å²) in [6, 6.07) is 19.6. The molecule has 0 aliphatic rings. The molecule has 3 rings (SSSR count). The Kier molecular flexibility index (Phi) is 12.3. The van der Waals surface area contributed by atoms with Gasteiger partial charge < -0.3 is 15.0 Å². The van der Waals surface area contributed by atoms with E-state index in [1.54, 1.807) is 12.1 Å². The predicted octanol–water partition coefficient (Wildman–Crippen LogP) is 5.19. The Morgan fingerprint density at radius 1 is 0.929 bits per heavy atom. The first kappa shape index (κ1) is 32.6. The van der Waals surface area contributed by atoms with Crippen LogP contribution < -0.4 is 14.4 Å². The summed E-state index contributed by atoms with van der Waals surface area (Å²) in [5.41, 5.74) is 1.11. The zero-order chi connectivity index (χ0) is 30.5. The van der Waals surface area contributed by atoms with Crippen molar-refractivity contribution in [3.05, 3.63) is 90.2 Å². The van der Waals surface area contributed by atoms with E-state index in [4.69, 9.17) is 4.74 Å². The first-order valence-electron chi connectivity index (χ1n) is 14.3. The maximum absolute atomic E-state index is 14.0. The van der Waals surface area contributed by atoms with Gasteiger partial charge in [0.05, 0.1) is 17.2 Å². The number of amides is 2. The monoisotopic (exact) mass is 597 g/mol. The topological polar surface area (TPSA) is 96.0 Å². The SMILES string of the molecule is CCCCNC(=O)C(CC)N(CCc1ccccc1)C(=O)CN(c1ccc(F)cc1)S(=O)(=O)c1ccc(OCC)cc1. The van der Waals surface area contributed by atoms with E-state index < -0.39 is 34.3 Å². The Morgan fingerprint density at radius 2 is 1.60 bits per heavy atom. The molecule has 8 nitrogen and oxygen atoms in total. The minimum Gasteiger partial charge on any atom is -0.494 e. The molecule has 0 radical (unpaired) electrons. The minimum atomic E-state index is -4.26. The molecule has 42 heavy (non-hydrogen) atoms. The summed E-state index contributed by atoms with van der Waals surface area (Å²) >= 11 is 0. The molecule has 3 aromatic rings. The number of rotatable bonds is 16. The van der Waals surface area contributed by atoms with Gasteiger partial charge in [-0.1, -0.05) is 50.6 Å². The number of ether oxygens (including phenoxy) is 1. The average Bonchev–Trinajstić information content (AvgIpc) is 2.99. The lowest BCUT2D eigenvalue weighted by atomic mass is 10.1. The summed E-state index contributed by atoms with van der Waals surface area (Å²) in [4.78, 5) is 28.6. The predicted molar refractivity (Wildman–Crippen MR) is 162 cm³/mol. The Labute approximate surface area is 248 Å². The number of benzene rings is 3. The number of nitrogens with zero attached hydrogens (tertiary/aromatic N) is 2. The van der Waals surface area contributed by atoms with E-state index in [0.29, 0.717) is 31.7 Å². The van der Waals surface area contributed by atoms with E-state index in [1.165, 1.54) is 29.2 Å². The number of hydrogen-bond donors (Lipinski definition) is 1. The summed E-state index contributed by atoms with van der Waals surface area (Å²) in [6.07, 6.45) is 2.54. The second kappa shape index (κ2) is 15.9. The van der Waals surface area contributed by atoms with Gasteiger partial charge in [-0.2, -0.15) is 0 Å². The fourth-order valence-electron chi connectivity index (χ4n) is 4.54. The maximum atomic E-state index is 14.0. The summed E-state index contributed by atoms with van der Waals surface area (Å²) in [6.45, 7) is 6.21. The van der Waals surface area contributed by atoms with Crippen LogP contribution in [0.1, 0.15) is 45.6 Å². The van der Waals surface area contributed by atoms with Crippen LogP contribution in [0.15, 0.2) is 83.8 Å². The van der Waals surface area contributed by atoms with E-state index in [9.17, 15) is 22.4 Å². The third-order valence-electron chi connectivity index (χ3n) is 6.82. The highest BCUT2D eigenvalue weighted by Crippen LogP contribution is 2.26.